The van der Waals surface area contributed by atoms with Gasteiger partial charge in [0.25, 0.3) is 0 Å². The van der Waals surface area contributed by atoms with Crippen LogP contribution in [-0.4, -0.2) is 47.2 Å². The molecule has 2 aliphatic heterocycles. The molecule has 1 saturated heterocycles. The number of nitrogens with zero attached hydrogens (tertiary/aromatic N) is 1. The molecule has 0 aromatic rings. The van der Waals surface area contributed by atoms with Gasteiger partial charge in [0.1, 0.15) is 0 Å². The number of carbonyl (C=O) groups is 2. The summed E-state index contributed by atoms with van der Waals surface area (Å²) in [6, 6.07) is -0.247. The minimum atomic E-state index is -1.33. The molecule has 110 valence electrons. The largest absolute Gasteiger partial charge is 1.00 e. The molecule has 2 heterocycles. The van der Waals surface area contributed by atoms with Gasteiger partial charge in [-0.2, -0.15) is 0 Å². The van der Waals surface area contributed by atoms with Crippen molar-refractivity contribution in [2.75, 3.05) is 7.11 Å². The molecule has 2 fully saturated rings. The summed E-state index contributed by atoms with van der Waals surface area (Å²) in [6.45, 7) is 1.58. The molecule has 0 aromatic carbocycles. The Labute approximate surface area is 165 Å². The first-order valence-corrected chi connectivity index (χ1v) is 6.98. The molecule has 5 atom stereocenters. The fraction of sp³-hybridized carbons (Fsp3) is 0.714. The molecule has 1 amide bonds. The summed E-state index contributed by atoms with van der Waals surface area (Å²) in [6.07, 6.45) is 1.47. The molecule has 1 aliphatic carbocycles. The van der Waals surface area contributed by atoms with Gasteiger partial charge < -0.3 is 24.6 Å². The summed E-state index contributed by atoms with van der Waals surface area (Å²) >= 11 is 0. The van der Waals surface area contributed by atoms with Crippen LogP contribution in [0.5, 0.6) is 0 Å². The molecule has 6 nitrogen and oxygen atoms in total. The van der Waals surface area contributed by atoms with Gasteiger partial charge in [0.15, 0.2) is 0 Å². The zero-order valence-corrected chi connectivity index (χ0v) is 15.7. The van der Waals surface area contributed by atoms with Crippen molar-refractivity contribution in [1.29, 1.82) is 0 Å². The van der Waals surface area contributed by atoms with Gasteiger partial charge in [-0.05, 0) is 31.8 Å². The molecule has 21 heavy (non-hydrogen) atoms. The Bertz CT molecular complexity index is 504. The maximum absolute atomic E-state index is 12.1. The topological polar surface area (TPSA) is 89.9 Å². The van der Waals surface area contributed by atoms with Gasteiger partial charge in [-0.15, -0.1) is 0 Å². The summed E-state index contributed by atoms with van der Waals surface area (Å²) in [5.41, 5.74) is 0.661. The number of hydrogen-bond donors (Lipinski definition) is 1. The molecule has 0 aromatic heterocycles. The Morgan fingerprint density at radius 3 is 2.67 bits per heavy atom. The number of amides is 1. The number of carboxylic acid groups (broad SMARTS) is 1. The van der Waals surface area contributed by atoms with Crippen LogP contribution >= 0.6 is 0 Å². The van der Waals surface area contributed by atoms with E-state index in [-0.39, 0.29) is 81.1 Å². The predicted molar refractivity (Wildman–Crippen MR) is 66.0 cm³/mol. The summed E-state index contributed by atoms with van der Waals surface area (Å²) in [5, 5.41) is 21.2. The quantitative estimate of drug-likeness (QED) is 0.423. The van der Waals surface area contributed by atoms with E-state index in [4.69, 9.17) is 4.74 Å². The predicted octanol–water partition coefficient (Wildman–Crippen LogP) is -3.97. The SMILES string of the molecule is CO[C@H]1CCC[C@H]2C1=C(C(=O)[O-])N1C(=O)[C@H]([C@@H](C)O)[C@@H]21.[K+]. The standard InChI is InChI=1S/C14H19NO5.K/c1-6(16)9-11-7-4-3-5-8(20-2)10(7)12(14(18)19)15(11)13(9)17;/h6-9,11,16H,3-5H2,1-2H3,(H,18,19);/q;+1/p-1/t6-,7+,8+,9-,11-;/m1./s1. The first-order chi connectivity index (χ1) is 9.49. The van der Waals surface area contributed by atoms with Gasteiger partial charge in [0.2, 0.25) is 5.91 Å². The van der Waals surface area contributed by atoms with Crippen molar-refractivity contribution >= 4 is 11.9 Å². The van der Waals surface area contributed by atoms with E-state index < -0.39 is 18.0 Å². The number of ether oxygens (including phenoxy) is 1. The van der Waals surface area contributed by atoms with E-state index in [1.54, 1.807) is 14.0 Å². The van der Waals surface area contributed by atoms with E-state index in [1.165, 1.54) is 4.90 Å². The van der Waals surface area contributed by atoms with Crippen LogP contribution in [0, 0.1) is 11.8 Å². The van der Waals surface area contributed by atoms with Crippen LogP contribution < -0.4 is 56.5 Å². The Morgan fingerprint density at radius 1 is 1.48 bits per heavy atom. The summed E-state index contributed by atoms with van der Waals surface area (Å²) in [5.74, 6) is -2.18. The normalized spacial score (nSPS) is 35.6. The molecule has 7 heteroatoms. The maximum Gasteiger partial charge on any atom is 1.00 e. The molecule has 0 bridgehead atoms. The Kier molecular flexibility index (Phi) is 5.35. The van der Waals surface area contributed by atoms with Crippen molar-refractivity contribution in [3.8, 4) is 0 Å². The fourth-order valence-electron chi connectivity index (χ4n) is 4.07. The van der Waals surface area contributed by atoms with Crippen LogP contribution in [0.15, 0.2) is 11.3 Å². The molecule has 3 aliphatic rings. The molecule has 0 spiro atoms. The summed E-state index contributed by atoms with van der Waals surface area (Å²) in [7, 11) is 1.55. The minimum absolute atomic E-state index is 0. The van der Waals surface area contributed by atoms with Crippen LogP contribution in [0.1, 0.15) is 26.2 Å². The van der Waals surface area contributed by atoms with Crippen LogP contribution in [0.2, 0.25) is 0 Å². The van der Waals surface area contributed by atoms with Crippen molar-refractivity contribution in [2.45, 2.75) is 44.4 Å². The number of β-lactam (4-membered cyclic amide) rings is 1. The average molecular weight is 319 g/mol. The first kappa shape index (κ1) is 17.6. The van der Waals surface area contributed by atoms with Gasteiger partial charge in [-0.3, -0.25) is 4.79 Å². The number of rotatable bonds is 3. The molecular formula is C14H18KNO5. The van der Waals surface area contributed by atoms with Crippen LogP contribution in [-0.2, 0) is 14.3 Å². The van der Waals surface area contributed by atoms with E-state index in [0.717, 1.165) is 19.3 Å². The van der Waals surface area contributed by atoms with E-state index in [2.05, 4.69) is 0 Å². The molecule has 0 unspecified atom stereocenters. The fourth-order valence-corrected chi connectivity index (χ4v) is 4.07. The van der Waals surface area contributed by atoms with Crippen LogP contribution in [0.3, 0.4) is 0 Å². The van der Waals surface area contributed by atoms with Gasteiger partial charge in [0, 0.05) is 13.0 Å². The van der Waals surface area contributed by atoms with E-state index in [1.807, 2.05) is 0 Å². The van der Waals surface area contributed by atoms with E-state index in [9.17, 15) is 19.8 Å². The zero-order chi connectivity index (χ0) is 14.6. The first-order valence-electron chi connectivity index (χ1n) is 6.98. The third-order valence-electron chi connectivity index (χ3n) is 4.84. The third kappa shape index (κ3) is 2.47. The maximum atomic E-state index is 12.1. The van der Waals surface area contributed by atoms with Gasteiger partial charge in [-0.1, -0.05) is 0 Å². The van der Waals surface area contributed by atoms with Gasteiger partial charge >= 0.3 is 51.4 Å². The van der Waals surface area contributed by atoms with E-state index >= 15 is 0 Å². The van der Waals surface area contributed by atoms with Gasteiger partial charge in [-0.25, -0.2) is 0 Å². The van der Waals surface area contributed by atoms with Crippen molar-refractivity contribution < 1.29 is 75.9 Å². The number of carboxylic acids is 1. The Balaban J connectivity index is 0.00000161. The van der Waals surface area contributed by atoms with Gasteiger partial charge in [0.05, 0.1) is 35.8 Å². The second-order valence-electron chi connectivity index (χ2n) is 5.82. The van der Waals surface area contributed by atoms with E-state index in [0.29, 0.717) is 5.57 Å². The number of fused-ring (bicyclic) bond motifs is 3. The second-order valence-corrected chi connectivity index (χ2v) is 5.82. The van der Waals surface area contributed by atoms with Crippen LogP contribution in [0.4, 0.5) is 0 Å². The number of aliphatic hydroxyl groups is 1. The zero-order valence-electron chi connectivity index (χ0n) is 12.5. The summed E-state index contributed by atoms with van der Waals surface area (Å²) in [4.78, 5) is 24.9. The number of aliphatic hydroxyl groups excluding tert-OH is 1. The number of hydrogen-bond acceptors (Lipinski definition) is 5. The van der Waals surface area contributed by atoms with Crippen molar-refractivity contribution in [2.24, 2.45) is 11.8 Å². The molecular weight excluding hydrogens is 301 g/mol. The average Bonchev–Trinajstić information content (AvgIpc) is 2.69. The Morgan fingerprint density at radius 2 is 2.14 bits per heavy atom. The number of aliphatic carboxylic acids is 1. The van der Waals surface area contributed by atoms with Crippen LogP contribution in [0.25, 0.3) is 0 Å². The molecule has 3 rings (SSSR count). The number of methoxy groups -OCH3 is 1. The van der Waals surface area contributed by atoms with Crippen molar-refractivity contribution in [1.82, 2.24) is 4.90 Å². The Hall–Kier alpha value is 0.236. The molecule has 0 radical (unpaired) electrons. The van der Waals surface area contributed by atoms with Crippen molar-refractivity contribution in [3.05, 3.63) is 11.3 Å². The minimum Gasteiger partial charge on any atom is -0.543 e. The molecule has 1 saturated carbocycles. The monoisotopic (exact) mass is 319 g/mol. The smallest absolute Gasteiger partial charge is 0.543 e. The molecule has 1 N–H and O–H groups in total. The summed E-state index contributed by atoms with van der Waals surface area (Å²) < 4.78 is 5.39. The number of carbonyl (C=O) groups excluding carboxylic acids is 2. The second kappa shape index (κ2) is 6.39. The third-order valence-corrected chi connectivity index (χ3v) is 4.84. The van der Waals surface area contributed by atoms with Crippen molar-refractivity contribution in [3.63, 3.8) is 0 Å².